The number of hydrogen-bond donors (Lipinski definition) is 0. The van der Waals surface area contributed by atoms with Crippen LogP contribution in [0.4, 0.5) is 4.39 Å². The fourth-order valence-corrected chi connectivity index (χ4v) is 0.784. The first-order valence-electron chi connectivity index (χ1n) is 3.21. The Labute approximate surface area is 63.6 Å². The maximum Gasteiger partial charge on any atom is 0.250 e. The van der Waals surface area contributed by atoms with Gasteiger partial charge in [-0.3, -0.25) is 4.79 Å². The highest BCUT2D eigenvalue weighted by molar-refractivity contribution is 4.97. The van der Waals surface area contributed by atoms with Crippen LogP contribution in [0.2, 0.25) is 0 Å². The van der Waals surface area contributed by atoms with Gasteiger partial charge in [-0.15, -0.1) is 6.58 Å². The number of allylic oxidation sites excluding steroid dienone is 1. The lowest BCUT2D eigenvalue weighted by molar-refractivity contribution is 0.598. The van der Waals surface area contributed by atoms with Crippen LogP contribution in [0.15, 0.2) is 35.8 Å². The molecule has 3 heteroatoms. The number of pyridine rings is 1. The van der Waals surface area contributed by atoms with Gasteiger partial charge in [-0.25, -0.2) is 4.39 Å². The first-order valence-corrected chi connectivity index (χ1v) is 3.21. The van der Waals surface area contributed by atoms with Gasteiger partial charge in [0.2, 0.25) is 0 Å². The maximum atomic E-state index is 12.5. The topological polar surface area (TPSA) is 22.0 Å². The third-order valence-electron chi connectivity index (χ3n) is 1.27. The molecule has 0 aliphatic rings. The van der Waals surface area contributed by atoms with Crippen LogP contribution < -0.4 is 5.56 Å². The van der Waals surface area contributed by atoms with Crippen molar-refractivity contribution in [2.45, 2.75) is 6.54 Å². The van der Waals surface area contributed by atoms with Gasteiger partial charge < -0.3 is 4.57 Å². The highest BCUT2D eigenvalue weighted by Gasteiger charge is 1.93. The summed E-state index contributed by atoms with van der Waals surface area (Å²) in [5, 5.41) is 0. The minimum atomic E-state index is -0.411. The molecule has 0 aliphatic heterocycles. The van der Waals surface area contributed by atoms with Crippen LogP contribution >= 0.6 is 0 Å². The van der Waals surface area contributed by atoms with Crippen LogP contribution in [0, 0.1) is 5.82 Å². The van der Waals surface area contributed by atoms with Crippen molar-refractivity contribution in [3.8, 4) is 0 Å². The van der Waals surface area contributed by atoms with Crippen molar-refractivity contribution in [2.24, 2.45) is 0 Å². The van der Waals surface area contributed by atoms with Gasteiger partial charge in [-0.2, -0.15) is 0 Å². The van der Waals surface area contributed by atoms with Crippen molar-refractivity contribution in [3.63, 3.8) is 0 Å². The monoisotopic (exact) mass is 153 g/mol. The van der Waals surface area contributed by atoms with Crippen LogP contribution in [0.5, 0.6) is 0 Å². The van der Waals surface area contributed by atoms with Crippen LogP contribution in [0.3, 0.4) is 0 Å². The van der Waals surface area contributed by atoms with E-state index in [9.17, 15) is 9.18 Å². The zero-order valence-electron chi connectivity index (χ0n) is 5.96. The Hall–Kier alpha value is -1.38. The minimum Gasteiger partial charge on any atom is -0.309 e. The zero-order chi connectivity index (χ0) is 8.27. The highest BCUT2D eigenvalue weighted by Crippen LogP contribution is 1.91. The summed E-state index contributed by atoms with van der Waals surface area (Å²) in [7, 11) is 0. The molecule has 0 atom stereocenters. The van der Waals surface area contributed by atoms with Crippen molar-refractivity contribution < 1.29 is 4.39 Å². The number of hydrogen-bond acceptors (Lipinski definition) is 1. The molecule has 1 heterocycles. The third kappa shape index (κ3) is 1.77. The molecule has 0 spiro atoms. The molecule has 1 rings (SSSR count). The molecule has 0 saturated heterocycles. The minimum absolute atomic E-state index is 0.216. The second kappa shape index (κ2) is 3.14. The quantitative estimate of drug-likeness (QED) is 0.584. The van der Waals surface area contributed by atoms with Gasteiger partial charge in [0, 0.05) is 18.8 Å². The van der Waals surface area contributed by atoms with E-state index in [4.69, 9.17) is 0 Å². The zero-order valence-corrected chi connectivity index (χ0v) is 5.96. The molecular weight excluding hydrogens is 145 g/mol. The molecule has 0 N–H and O–H groups in total. The average molecular weight is 153 g/mol. The van der Waals surface area contributed by atoms with Gasteiger partial charge in [0.25, 0.3) is 5.56 Å². The largest absolute Gasteiger partial charge is 0.309 e. The number of rotatable bonds is 2. The maximum absolute atomic E-state index is 12.5. The van der Waals surface area contributed by atoms with Crippen LogP contribution in [0.25, 0.3) is 0 Å². The number of halogens is 1. The predicted octanol–water partition coefficient (Wildman–Crippen LogP) is 1.17. The molecule has 0 saturated carbocycles. The Morgan fingerprint density at radius 1 is 1.64 bits per heavy atom. The molecule has 1 aromatic heterocycles. The van der Waals surface area contributed by atoms with E-state index >= 15 is 0 Å². The van der Waals surface area contributed by atoms with Crippen molar-refractivity contribution in [1.29, 1.82) is 0 Å². The lowest BCUT2D eigenvalue weighted by Gasteiger charge is -1.99. The van der Waals surface area contributed by atoms with Crippen LogP contribution in [-0.4, -0.2) is 4.57 Å². The third-order valence-corrected chi connectivity index (χ3v) is 1.27. The van der Waals surface area contributed by atoms with Crippen molar-refractivity contribution in [2.75, 3.05) is 0 Å². The summed E-state index contributed by atoms with van der Waals surface area (Å²) in [5.41, 5.74) is -0.216. The molecule has 0 unspecified atom stereocenters. The lowest BCUT2D eigenvalue weighted by atomic mass is 10.4. The highest BCUT2D eigenvalue weighted by atomic mass is 19.1. The van der Waals surface area contributed by atoms with Gasteiger partial charge in [0.05, 0.1) is 0 Å². The Morgan fingerprint density at radius 3 is 3.00 bits per heavy atom. The van der Waals surface area contributed by atoms with Gasteiger partial charge in [-0.05, 0) is 6.07 Å². The normalized spacial score (nSPS) is 9.55. The first-order chi connectivity index (χ1) is 5.24. The fourth-order valence-electron chi connectivity index (χ4n) is 0.784. The predicted molar refractivity (Wildman–Crippen MR) is 40.9 cm³/mol. The Bertz CT molecular complexity index is 316. The summed E-state index contributed by atoms with van der Waals surface area (Å²) >= 11 is 0. The molecule has 0 amide bonds. The summed E-state index contributed by atoms with van der Waals surface area (Å²) in [4.78, 5) is 10.9. The van der Waals surface area contributed by atoms with E-state index in [2.05, 4.69) is 6.58 Å². The Balaban J connectivity index is 3.12. The van der Waals surface area contributed by atoms with Crippen LogP contribution in [0.1, 0.15) is 0 Å². The summed E-state index contributed by atoms with van der Waals surface area (Å²) < 4.78 is 13.7. The van der Waals surface area contributed by atoms with Gasteiger partial charge in [0.1, 0.15) is 5.82 Å². The molecule has 11 heavy (non-hydrogen) atoms. The van der Waals surface area contributed by atoms with Gasteiger partial charge in [-0.1, -0.05) is 6.08 Å². The molecule has 58 valence electrons. The summed E-state index contributed by atoms with van der Waals surface area (Å²) in [6.07, 6.45) is 2.70. The Kier molecular flexibility index (Phi) is 2.21. The molecule has 0 aromatic carbocycles. The average Bonchev–Trinajstić information content (AvgIpc) is 1.98. The number of aromatic nitrogens is 1. The summed E-state index contributed by atoms with van der Waals surface area (Å²) in [5.74, 6) is -0.411. The van der Waals surface area contributed by atoms with E-state index in [-0.39, 0.29) is 5.56 Å². The molecule has 0 fully saturated rings. The molecule has 0 bridgehead atoms. The Morgan fingerprint density at radius 2 is 2.36 bits per heavy atom. The molecule has 0 radical (unpaired) electrons. The molecule has 2 nitrogen and oxygen atoms in total. The van der Waals surface area contributed by atoms with Crippen LogP contribution in [-0.2, 0) is 6.54 Å². The smallest absolute Gasteiger partial charge is 0.250 e. The van der Waals surface area contributed by atoms with E-state index in [1.807, 2.05) is 0 Å². The second-order valence-corrected chi connectivity index (χ2v) is 2.13. The van der Waals surface area contributed by atoms with E-state index in [1.54, 1.807) is 6.08 Å². The SMILES string of the molecule is C=CCn1cc(F)ccc1=O. The van der Waals surface area contributed by atoms with E-state index < -0.39 is 5.82 Å². The van der Waals surface area contributed by atoms with Gasteiger partial charge >= 0.3 is 0 Å². The standard InChI is InChI=1S/C8H8FNO/c1-2-5-10-6-7(9)3-4-8(10)11/h2-4,6H,1,5H2. The van der Waals surface area contributed by atoms with Crippen molar-refractivity contribution in [1.82, 2.24) is 4.57 Å². The van der Waals surface area contributed by atoms with Crippen molar-refractivity contribution >= 4 is 0 Å². The number of nitrogens with zero attached hydrogens (tertiary/aromatic N) is 1. The molecule has 1 aromatic rings. The fraction of sp³-hybridized carbons (Fsp3) is 0.125. The molecule has 0 aliphatic carbocycles. The summed E-state index contributed by atoms with van der Waals surface area (Å²) in [6, 6.07) is 2.33. The van der Waals surface area contributed by atoms with E-state index in [0.717, 1.165) is 12.3 Å². The first kappa shape index (κ1) is 7.72. The van der Waals surface area contributed by atoms with Crippen molar-refractivity contribution in [3.05, 3.63) is 47.2 Å². The summed E-state index contributed by atoms with van der Waals surface area (Å²) in [6.45, 7) is 3.79. The second-order valence-electron chi connectivity index (χ2n) is 2.13. The lowest BCUT2D eigenvalue weighted by Crippen LogP contribution is -2.17. The van der Waals surface area contributed by atoms with E-state index in [1.165, 1.54) is 10.6 Å². The molecular formula is C8H8FNO. The van der Waals surface area contributed by atoms with Gasteiger partial charge in [0.15, 0.2) is 0 Å². The van der Waals surface area contributed by atoms with E-state index in [0.29, 0.717) is 6.54 Å².